The minimum Gasteiger partial charge on any atom is -0.394 e. The molecule has 2 aromatic carbocycles. The van der Waals surface area contributed by atoms with Crippen LogP contribution in [0.5, 0.6) is 0 Å². The summed E-state index contributed by atoms with van der Waals surface area (Å²) in [6.07, 6.45) is -5.69. The van der Waals surface area contributed by atoms with Gasteiger partial charge in [-0.05, 0) is 17.0 Å². The molecule has 0 saturated carbocycles. The highest BCUT2D eigenvalue weighted by Crippen LogP contribution is 2.30. The Balaban J connectivity index is 2.45. The van der Waals surface area contributed by atoms with Crippen LogP contribution in [0.2, 0.25) is 0 Å². The molecule has 0 aliphatic rings. The maximum absolute atomic E-state index is 12.8. The van der Waals surface area contributed by atoms with Gasteiger partial charge in [0.1, 0.15) is 30.6 Å². The number of nitrogens with one attached hydrogen (secondary N) is 1. The number of aliphatic hydroxyl groups excluding tert-OH is 4. The molecule has 0 saturated heterocycles. The van der Waals surface area contributed by atoms with Gasteiger partial charge in [0, 0.05) is 16.0 Å². The van der Waals surface area contributed by atoms with Gasteiger partial charge in [0.25, 0.3) is 0 Å². The Labute approximate surface area is 159 Å². The van der Waals surface area contributed by atoms with Crippen LogP contribution in [0, 0.1) is 0 Å². The SMILES string of the molecule is [N-]=[N+]=Nc1cccc2c(S(=O)(=O)NC(C=O)C(O)C(O)C(O)CO)cccc12. The molecule has 11 nitrogen and oxygen atoms in total. The summed E-state index contributed by atoms with van der Waals surface area (Å²) in [6.45, 7) is -0.901. The number of nitrogens with zero attached hydrogens (tertiary/aromatic N) is 3. The summed E-state index contributed by atoms with van der Waals surface area (Å²) in [7, 11) is -4.37. The molecule has 4 atom stereocenters. The van der Waals surface area contributed by atoms with Crippen molar-refractivity contribution in [3.63, 3.8) is 0 Å². The molecule has 0 aromatic heterocycles. The van der Waals surface area contributed by atoms with Gasteiger partial charge in [-0.2, -0.15) is 4.72 Å². The highest BCUT2D eigenvalue weighted by Gasteiger charge is 2.34. The fraction of sp³-hybridized carbons (Fsp3) is 0.312. The van der Waals surface area contributed by atoms with E-state index in [9.17, 15) is 28.5 Å². The average molecular weight is 410 g/mol. The van der Waals surface area contributed by atoms with E-state index in [0.29, 0.717) is 5.39 Å². The highest BCUT2D eigenvalue weighted by molar-refractivity contribution is 7.89. The van der Waals surface area contributed by atoms with E-state index in [-0.39, 0.29) is 22.3 Å². The Bertz CT molecular complexity index is 1010. The number of hydrogen-bond acceptors (Lipinski definition) is 8. The van der Waals surface area contributed by atoms with Crippen LogP contribution in [-0.2, 0) is 14.8 Å². The van der Waals surface area contributed by atoms with Crippen molar-refractivity contribution in [1.29, 1.82) is 0 Å². The number of carbonyl (C=O) groups excluding carboxylic acids is 1. The van der Waals surface area contributed by atoms with Gasteiger partial charge < -0.3 is 25.2 Å². The second-order valence-corrected chi connectivity index (χ2v) is 7.51. The Morgan fingerprint density at radius 1 is 1.11 bits per heavy atom. The summed E-state index contributed by atoms with van der Waals surface area (Å²) >= 11 is 0. The number of aldehydes is 1. The zero-order valence-electron chi connectivity index (χ0n) is 14.3. The maximum atomic E-state index is 12.8. The highest BCUT2D eigenvalue weighted by atomic mass is 32.2. The molecule has 4 unspecified atom stereocenters. The second kappa shape index (κ2) is 9.08. The predicted octanol–water partition coefficient (Wildman–Crippen LogP) is -0.298. The predicted molar refractivity (Wildman–Crippen MR) is 98.0 cm³/mol. The first-order valence-corrected chi connectivity index (χ1v) is 9.44. The fourth-order valence-corrected chi connectivity index (χ4v) is 4.01. The first-order valence-electron chi connectivity index (χ1n) is 7.96. The van der Waals surface area contributed by atoms with Gasteiger partial charge in [0.15, 0.2) is 0 Å². The van der Waals surface area contributed by atoms with Crippen LogP contribution in [0.25, 0.3) is 21.2 Å². The molecule has 0 radical (unpaired) electrons. The molecule has 12 heteroatoms. The average Bonchev–Trinajstić information content (AvgIpc) is 2.70. The molecule has 0 aliphatic heterocycles. The Kier molecular flexibility index (Phi) is 7.05. The largest absolute Gasteiger partial charge is 0.394 e. The van der Waals surface area contributed by atoms with Crippen molar-refractivity contribution in [2.45, 2.75) is 29.2 Å². The molecular formula is C16H18N4O7S. The number of hydrogen-bond donors (Lipinski definition) is 5. The van der Waals surface area contributed by atoms with Crippen molar-refractivity contribution in [3.05, 3.63) is 46.8 Å². The monoisotopic (exact) mass is 410 g/mol. The van der Waals surface area contributed by atoms with E-state index in [1.165, 1.54) is 30.3 Å². The topological polar surface area (TPSA) is 193 Å². The number of benzene rings is 2. The van der Waals surface area contributed by atoms with E-state index < -0.39 is 41.0 Å². The third kappa shape index (κ3) is 4.46. The van der Waals surface area contributed by atoms with Crippen molar-refractivity contribution in [3.8, 4) is 0 Å². The normalized spacial score (nSPS) is 16.0. The molecule has 150 valence electrons. The lowest BCUT2D eigenvalue weighted by molar-refractivity contribution is -0.119. The molecule has 0 fully saturated rings. The van der Waals surface area contributed by atoms with Crippen LogP contribution in [-0.4, -0.2) is 66.1 Å². The first-order chi connectivity index (χ1) is 13.3. The van der Waals surface area contributed by atoms with Crippen molar-refractivity contribution in [2.24, 2.45) is 5.11 Å². The summed E-state index contributed by atoms with van der Waals surface area (Å²) in [5.41, 5.74) is 8.84. The Morgan fingerprint density at radius 2 is 1.75 bits per heavy atom. The molecule has 28 heavy (non-hydrogen) atoms. The van der Waals surface area contributed by atoms with E-state index in [1.54, 1.807) is 6.07 Å². The molecule has 2 rings (SSSR count). The quantitative estimate of drug-likeness (QED) is 0.162. The van der Waals surface area contributed by atoms with Gasteiger partial charge in [-0.1, -0.05) is 35.4 Å². The number of fused-ring (bicyclic) bond motifs is 1. The third-order valence-electron chi connectivity index (χ3n) is 4.04. The van der Waals surface area contributed by atoms with Crippen LogP contribution in [0.3, 0.4) is 0 Å². The summed E-state index contributed by atoms with van der Waals surface area (Å²) in [5, 5.41) is 42.0. The number of rotatable bonds is 9. The lowest BCUT2D eigenvalue weighted by Gasteiger charge is -2.26. The fourth-order valence-electron chi connectivity index (χ4n) is 2.60. The summed E-state index contributed by atoms with van der Waals surface area (Å²) in [4.78, 5) is 13.7. The smallest absolute Gasteiger partial charge is 0.241 e. The summed E-state index contributed by atoms with van der Waals surface area (Å²) in [6, 6.07) is 6.86. The van der Waals surface area contributed by atoms with Crippen molar-refractivity contribution in [2.75, 3.05) is 6.61 Å². The van der Waals surface area contributed by atoms with E-state index in [1.807, 2.05) is 4.72 Å². The number of sulfonamides is 1. The minimum absolute atomic E-state index is 0.0616. The number of carbonyl (C=O) groups is 1. The first kappa shape index (κ1) is 21.7. The Hall–Kier alpha value is -2.57. The molecule has 0 bridgehead atoms. The van der Waals surface area contributed by atoms with E-state index in [2.05, 4.69) is 10.0 Å². The van der Waals surface area contributed by atoms with Gasteiger partial charge in [-0.15, -0.1) is 0 Å². The maximum Gasteiger partial charge on any atom is 0.241 e. The molecule has 0 heterocycles. The van der Waals surface area contributed by atoms with Crippen LogP contribution in [0.1, 0.15) is 0 Å². The molecule has 0 spiro atoms. The lowest BCUT2D eigenvalue weighted by Crippen LogP contribution is -2.53. The van der Waals surface area contributed by atoms with Gasteiger partial charge in [-0.3, -0.25) is 0 Å². The van der Waals surface area contributed by atoms with Crippen molar-refractivity contribution in [1.82, 2.24) is 4.72 Å². The number of azide groups is 1. The van der Waals surface area contributed by atoms with E-state index in [4.69, 9.17) is 10.6 Å². The van der Waals surface area contributed by atoms with Crippen molar-refractivity contribution < 1.29 is 33.6 Å². The van der Waals surface area contributed by atoms with E-state index in [0.717, 1.165) is 0 Å². The minimum atomic E-state index is -4.37. The van der Waals surface area contributed by atoms with Crippen LogP contribution < -0.4 is 4.72 Å². The molecule has 5 N–H and O–H groups in total. The molecule has 0 amide bonds. The summed E-state index contributed by atoms with van der Waals surface area (Å²) < 4.78 is 27.5. The summed E-state index contributed by atoms with van der Waals surface area (Å²) in [5.74, 6) is 0. The molecular weight excluding hydrogens is 392 g/mol. The number of aliphatic hydroxyl groups is 4. The molecule has 2 aromatic rings. The lowest BCUT2D eigenvalue weighted by atomic mass is 10.0. The zero-order chi connectivity index (χ0) is 20.9. The van der Waals surface area contributed by atoms with Gasteiger partial charge in [-0.25, -0.2) is 8.42 Å². The second-order valence-electron chi connectivity index (χ2n) is 5.83. The van der Waals surface area contributed by atoms with Gasteiger partial charge >= 0.3 is 0 Å². The third-order valence-corrected chi connectivity index (χ3v) is 5.56. The van der Waals surface area contributed by atoms with Crippen LogP contribution in [0.4, 0.5) is 5.69 Å². The standard InChI is InChI=1S/C16H18N4O7S/c17-20-18-11-5-1-4-10-9(11)3-2-6-14(10)28(26,27)19-12(7-21)15(24)16(25)13(23)8-22/h1-7,12-13,15-16,19,22-25H,8H2. The van der Waals surface area contributed by atoms with Crippen LogP contribution in [0.15, 0.2) is 46.4 Å². The van der Waals surface area contributed by atoms with Gasteiger partial charge in [0.2, 0.25) is 10.0 Å². The Morgan fingerprint density at radius 3 is 2.36 bits per heavy atom. The zero-order valence-corrected chi connectivity index (χ0v) is 15.1. The van der Waals surface area contributed by atoms with Crippen LogP contribution >= 0.6 is 0 Å². The van der Waals surface area contributed by atoms with Gasteiger partial charge in [0.05, 0.1) is 11.5 Å². The molecule has 0 aliphatic carbocycles. The van der Waals surface area contributed by atoms with E-state index >= 15 is 0 Å². The van der Waals surface area contributed by atoms with Crippen molar-refractivity contribution >= 4 is 32.8 Å².